The summed E-state index contributed by atoms with van der Waals surface area (Å²) in [4.78, 5) is 61.6. The molecule has 4 heterocycles. The van der Waals surface area contributed by atoms with Crippen molar-refractivity contribution in [2.75, 3.05) is 113 Å². The summed E-state index contributed by atoms with van der Waals surface area (Å²) in [5, 5.41) is 8.88. The Kier molecular flexibility index (Phi) is 43.7. The van der Waals surface area contributed by atoms with Gasteiger partial charge in [0.05, 0.1) is 83.2 Å². The van der Waals surface area contributed by atoms with Crippen LogP contribution in [0.5, 0.6) is 0 Å². The van der Waals surface area contributed by atoms with Crippen LogP contribution in [-0.4, -0.2) is 169 Å². The number of rotatable bonds is 14. The number of halogens is 1. The summed E-state index contributed by atoms with van der Waals surface area (Å²) >= 11 is 2.15. The first-order valence-corrected chi connectivity index (χ1v) is 33.3. The van der Waals surface area contributed by atoms with Gasteiger partial charge >= 0.3 is 42.7 Å². The molecule has 11 rings (SSSR count). The van der Waals surface area contributed by atoms with Gasteiger partial charge in [0.1, 0.15) is 6.29 Å². The first kappa shape index (κ1) is 86.2. The van der Waals surface area contributed by atoms with Crippen LogP contribution in [0, 0.1) is 36.0 Å². The van der Waals surface area contributed by atoms with E-state index in [1.807, 2.05) is 76.9 Å². The summed E-state index contributed by atoms with van der Waals surface area (Å²) in [6.07, 6.45) is 17.9. The third kappa shape index (κ3) is 34.3. The van der Waals surface area contributed by atoms with Crippen LogP contribution in [0.1, 0.15) is 122 Å². The van der Waals surface area contributed by atoms with Crippen molar-refractivity contribution in [3.8, 4) is 36.0 Å². The second-order valence-corrected chi connectivity index (χ2v) is 22.8. The summed E-state index contributed by atoms with van der Waals surface area (Å²) in [6.45, 7) is 15.9. The van der Waals surface area contributed by atoms with E-state index in [0.717, 1.165) is 151 Å². The molecule has 4 saturated heterocycles. The van der Waals surface area contributed by atoms with Gasteiger partial charge in [-0.1, -0.05) is 145 Å². The number of carbonyl (C=O) groups is 5. The SMILES string of the molecule is C.C#Cc1ccc(CN2CCOCC2)cc1.C1CCOC1.COC(=O)c1ccc(/C=C/C#Cc2ccc(CN3CCOCC3)cc2)cc1.COC(=O)c1ccc(/C=C/I)cc1.COC(=O)c1ccc(C=O)cc1.O=C(O)c1ccc(/C=C/C#Cc2ccc(CN3CCOCC3)cc2)cc1.[Li+].[OH-]. The minimum Gasteiger partial charge on any atom is -0.870 e. The number of aromatic carboxylic acids is 1. The van der Waals surface area contributed by atoms with Gasteiger partial charge < -0.3 is 43.7 Å². The van der Waals surface area contributed by atoms with Gasteiger partial charge in [0.2, 0.25) is 0 Å². The molecule has 7 aromatic carbocycles. The Bertz CT molecular complexity index is 3810. The van der Waals surface area contributed by atoms with E-state index in [9.17, 15) is 24.0 Å². The van der Waals surface area contributed by atoms with E-state index >= 15 is 0 Å². The van der Waals surface area contributed by atoms with E-state index in [4.69, 9.17) is 30.5 Å². The number of ether oxygens (including phenoxy) is 7. The number of terminal acetylenes is 1. The van der Waals surface area contributed by atoms with E-state index in [1.165, 1.54) is 50.9 Å². The Hall–Kier alpha value is -9.00. The fourth-order valence-electron chi connectivity index (χ4n) is 9.50. The number of morpholine rings is 3. The minimum absolute atomic E-state index is 0. The Labute approximate surface area is 621 Å². The maximum absolute atomic E-state index is 11.4. The molecule has 4 aliphatic heterocycles. The van der Waals surface area contributed by atoms with Crippen LogP contribution < -0.4 is 18.9 Å². The maximum Gasteiger partial charge on any atom is 1.00 e. The molecule has 0 radical (unpaired) electrons. The second-order valence-electron chi connectivity index (χ2n) is 22.1. The fraction of sp³-hybridized carbons (Fsp3) is 0.280. The number of benzene rings is 7. The van der Waals surface area contributed by atoms with Gasteiger partial charge in [0.25, 0.3) is 0 Å². The molecule has 4 fully saturated rings. The standard InChI is InChI=1S/C23H23NO3.C22H21NO3.C13H15NO.C10H9IO2.C9H8O3.C4H8O.CH4.Li.H2O/c1-26-23(25)22-12-10-20(11-13-22)5-3-2-4-19-6-8-21(9-7-19)18-24-14-16-27-17-15-24;24-22(25)21-11-9-19(10-12-21)4-2-1-3-18-5-7-20(8-6-18)17-23-13-15-26-16-14-23;1-2-12-3-5-13(6-4-12)11-14-7-9-15-10-8-14;1-13-10(12)9-4-2-8(3-5-9)6-7-11;1-12-9(11)8-4-2-7(6-10)3-5-8;1-2-4-5-3-1;;;/h3,5-13H,14-18H2,1H3;2,4-12H,13-17H2,(H,24,25);1,3-6H,7-11H2;2-7H,1H3;2-6H,1H3;1-4H2;1H4;;1H2/q;;;;;;;+1;/p-1/b5-3+;4-2+;;7-6+;;;;;. The minimum atomic E-state index is -0.919. The number of hydrogen-bond acceptors (Lipinski definition) is 16. The van der Waals surface area contributed by atoms with Crippen molar-refractivity contribution in [2.24, 2.45) is 0 Å². The van der Waals surface area contributed by atoms with Crippen molar-refractivity contribution in [2.45, 2.75) is 39.9 Å². The zero-order valence-corrected chi connectivity index (χ0v) is 59.4. The van der Waals surface area contributed by atoms with Crippen molar-refractivity contribution in [3.05, 3.63) is 264 Å². The molecule has 19 heteroatoms. The molecular formula is C82H89ILiN3O14. The summed E-state index contributed by atoms with van der Waals surface area (Å²) in [6, 6.07) is 52.3. The molecule has 17 nitrogen and oxygen atoms in total. The molecule has 0 aliphatic carbocycles. The topological polar surface area (TPSA) is 210 Å². The van der Waals surface area contributed by atoms with Crippen LogP contribution in [0.25, 0.3) is 18.2 Å². The average molecular weight is 1470 g/mol. The van der Waals surface area contributed by atoms with Crippen molar-refractivity contribution in [3.63, 3.8) is 0 Å². The number of nitrogens with zero attached hydrogens (tertiary/aromatic N) is 3. The maximum atomic E-state index is 11.4. The number of aldehydes is 1. The van der Waals surface area contributed by atoms with Crippen molar-refractivity contribution in [1.29, 1.82) is 0 Å². The molecular weight excluding hydrogens is 1380 g/mol. The normalized spacial score (nSPS) is 13.9. The van der Waals surface area contributed by atoms with Crippen LogP contribution in [0.15, 0.2) is 186 Å². The number of carbonyl (C=O) groups excluding carboxylic acids is 4. The van der Waals surface area contributed by atoms with Crippen LogP contribution in [0.3, 0.4) is 0 Å². The Morgan fingerprint density at radius 3 is 1.00 bits per heavy atom. The van der Waals surface area contributed by atoms with E-state index in [2.05, 4.69) is 130 Å². The molecule has 0 unspecified atom stereocenters. The average Bonchev–Trinajstić information content (AvgIpc) is 1.55. The van der Waals surface area contributed by atoms with Gasteiger partial charge in [0.15, 0.2) is 0 Å². The van der Waals surface area contributed by atoms with Gasteiger partial charge in [-0.15, -0.1) is 6.42 Å². The first-order chi connectivity index (χ1) is 47.9. The van der Waals surface area contributed by atoms with Gasteiger partial charge in [-0.05, 0) is 166 Å². The quantitative estimate of drug-likeness (QED) is 0.0268. The number of esters is 3. The number of carboxylic acid groups (broad SMARTS) is 1. The van der Waals surface area contributed by atoms with Crippen molar-refractivity contribution >= 4 is 71.0 Å². The number of hydrogen-bond donors (Lipinski definition) is 1. The summed E-state index contributed by atoms with van der Waals surface area (Å²) in [5.74, 6) is 13.0. The summed E-state index contributed by atoms with van der Waals surface area (Å²) in [5.41, 5.74) is 12.2. The molecule has 101 heavy (non-hydrogen) atoms. The van der Waals surface area contributed by atoms with Gasteiger partial charge in [-0.2, -0.15) is 0 Å². The molecule has 0 saturated carbocycles. The smallest absolute Gasteiger partial charge is 0.870 e. The fourth-order valence-corrected chi connectivity index (χ4v) is 9.92. The van der Waals surface area contributed by atoms with Gasteiger partial charge in [-0.25, -0.2) is 19.2 Å². The van der Waals surface area contributed by atoms with Gasteiger partial charge in [0, 0.05) is 94.4 Å². The molecule has 0 spiro atoms. The predicted molar refractivity (Wildman–Crippen MR) is 401 cm³/mol. The number of methoxy groups -OCH3 is 3. The van der Waals surface area contributed by atoms with E-state index in [0.29, 0.717) is 22.3 Å². The Morgan fingerprint density at radius 1 is 0.446 bits per heavy atom. The Balaban J connectivity index is 0.000000331. The molecule has 0 atom stereocenters. The largest absolute Gasteiger partial charge is 1.00 e. The molecule has 4 aliphatic rings. The van der Waals surface area contributed by atoms with Crippen LogP contribution in [0.4, 0.5) is 0 Å². The van der Waals surface area contributed by atoms with Crippen LogP contribution in [-0.2, 0) is 52.8 Å². The molecule has 2 N–H and O–H groups in total. The molecule has 0 bridgehead atoms. The zero-order chi connectivity index (χ0) is 69.8. The third-order valence-corrected chi connectivity index (χ3v) is 15.4. The van der Waals surface area contributed by atoms with Crippen molar-refractivity contribution in [1.82, 2.24) is 14.7 Å². The molecule has 524 valence electrons. The Morgan fingerprint density at radius 2 is 0.733 bits per heavy atom. The second kappa shape index (κ2) is 51.2. The molecule has 7 aromatic rings. The third-order valence-electron chi connectivity index (χ3n) is 15.1. The van der Waals surface area contributed by atoms with Gasteiger partial charge in [-0.3, -0.25) is 19.5 Å². The van der Waals surface area contributed by atoms with Crippen LogP contribution >= 0.6 is 22.6 Å². The van der Waals surface area contributed by atoms with E-state index in [1.54, 1.807) is 78.9 Å². The number of carboxylic acids is 1. The summed E-state index contributed by atoms with van der Waals surface area (Å²) in [7, 11) is 4.07. The zero-order valence-electron chi connectivity index (χ0n) is 57.2. The first-order valence-electron chi connectivity index (χ1n) is 32.1. The number of allylic oxidation sites excluding steroid dienone is 2. The summed E-state index contributed by atoms with van der Waals surface area (Å²) < 4.78 is 36.7. The predicted octanol–water partition coefficient (Wildman–Crippen LogP) is 10.6. The van der Waals surface area contributed by atoms with E-state index < -0.39 is 11.9 Å². The monoisotopic (exact) mass is 1470 g/mol. The van der Waals surface area contributed by atoms with E-state index in [-0.39, 0.29) is 49.3 Å². The van der Waals surface area contributed by atoms with Crippen LogP contribution in [0.2, 0.25) is 0 Å². The van der Waals surface area contributed by atoms with Crippen molar-refractivity contribution < 1.29 is 86.6 Å². The molecule has 0 amide bonds. The molecule has 0 aromatic heterocycles.